The number of hydrogen-bond acceptors (Lipinski definition) is 6. The van der Waals surface area contributed by atoms with Crippen LogP contribution in [-0.4, -0.2) is 59.6 Å². The molecule has 10 rings (SSSR count). The highest BCUT2D eigenvalue weighted by Gasteiger charge is 2.60. The van der Waals surface area contributed by atoms with E-state index in [1.54, 1.807) is 36.4 Å². The monoisotopic (exact) mass is 838 g/mol. The number of phenols is 2. The number of aryl methyl sites for hydroxylation is 2. The molecule has 3 amide bonds. The van der Waals surface area contributed by atoms with Crippen LogP contribution in [0.4, 0.5) is 21.9 Å². The number of aliphatic hydroxyl groups excluding tert-OH is 1. The predicted molar refractivity (Wildman–Crippen MR) is 241 cm³/mol. The van der Waals surface area contributed by atoms with E-state index in [4.69, 9.17) is 11.6 Å². The van der Waals surface area contributed by atoms with Crippen molar-refractivity contribution >= 4 is 84.2 Å². The second-order valence-electron chi connectivity index (χ2n) is 17.0. The number of aromatic hydroxyl groups is 2. The highest BCUT2D eigenvalue weighted by molar-refractivity contribution is 6.19. The van der Waals surface area contributed by atoms with E-state index in [2.05, 4.69) is 49.7 Å². The number of fused-ring (bicyclic) bond motifs is 7. The first-order valence-corrected chi connectivity index (χ1v) is 21.2. The number of phenolic OH excluding ortho intramolecular Hbond substituents is 2. The summed E-state index contributed by atoms with van der Waals surface area (Å²) in [4.78, 5) is 41.7. The van der Waals surface area contributed by atoms with Crippen molar-refractivity contribution in [2.75, 3.05) is 28.0 Å². The molecule has 2 aliphatic rings. The Morgan fingerprint density at radius 3 is 2.33 bits per heavy atom. The van der Waals surface area contributed by atoms with E-state index < -0.39 is 12.3 Å². The molecule has 13 nitrogen and oxygen atoms in total. The number of amides is 3. The van der Waals surface area contributed by atoms with Crippen LogP contribution in [0.2, 0.25) is 0 Å². The number of urea groups is 1. The lowest BCUT2D eigenvalue weighted by molar-refractivity contribution is 0.102. The number of nitrogens with zero attached hydrogens (tertiary/aromatic N) is 1. The van der Waals surface area contributed by atoms with Crippen molar-refractivity contribution < 1.29 is 24.9 Å². The van der Waals surface area contributed by atoms with Gasteiger partial charge in [0.15, 0.2) is 6.23 Å². The molecule has 0 saturated heterocycles. The average Bonchev–Trinajstić information content (AvgIpc) is 3.87. The zero-order valence-corrected chi connectivity index (χ0v) is 34.9. The summed E-state index contributed by atoms with van der Waals surface area (Å²) in [6.07, 6.45) is 4.60. The molecule has 4 aromatic heterocycles. The first kappa shape index (κ1) is 38.6. The van der Waals surface area contributed by atoms with Crippen LogP contribution in [0.1, 0.15) is 82.8 Å². The molecule has 4 atom stereocenters. The molecule has 8 aromatic rings. The fourth-order valence-electron chi connectivity index (χ4n) is 9.83. The van der Waals surface area contributed by atoms with Crippen molar-refractivity contribution in [3.05, 3.63) is 112 Å². The molecule has 1 spiro atoms. The Bertz CT molecular complexity index is 3080. The first-order chi connectivity index (χ1) is 29.4. The Kier molecular flexibility index (Phi) is 9.04. The Labute approximate surface area is 355 Å². The normalized spacial score (nSPS) is 18.1. The standard InChI is InChI=1S/C47H47ClN8O5/c1-5-26(17-48)40-32(14-36(57)42-38(40)22(2)18-49-42)55-44(59)33-12-28-11-29(7-9-31(28)53-33)52-46(61)51-20-25-6-8-30-27(10-25)13-34(54-30)45(60)56-21-47(16-24(47)4)41-35(56)15-37(58)43-39(41)23(3)19-50-43/h6-15,18-19,24,26,45,49-50,53-54,57-58,60H,5,16-17,20-21H2,1-4H3,(H,55,59)(H2,51,52,61)/t24?,26-,45?,47?/m0/s1. The molecule has 4 aromatic carbocycles. The van der Waals surface area contributed by atoms with Gasteiger partial charge in [-0.15, -0.1) is 11.6 Å². The highest BCUT2D eigenvalue weighted by Crippen LogP contribution is 2.64. The van der Waals surface area contributed by atoms with E-state index in [-0.39, 0.29) is 35.3 Å². The zero-order chi connectivity index (χ0) is 42.5. The summed E-state index contributed by atoms with van der Waals surface area (Å²) in [6.45, 7) is 9.22. The smallest absolute Gasteiger partial charge is 0.319 e. The van der Waals surface area contributed by atoms with Crippen LogP contribution < -0.4 is 20.9 Å². The van der Waals surface area contributed by atoms with Gasteiger partial charge in [-0.2, -0.15) is 0 Å². The summed E-state index contributed by atoms with van der Waals surface area (Å²) in [6, 6.07) is 17.8. The number of hydrogen-bond donors (Lipinski definition) is 10. The maximum absolute atomic E-state index is 13.6. The summed E-state index contributed by atoms with van der Waals surface area (Å²) in [5.41, 5.74) is 10.7. The molecular formula is C47H47ClN8O5. The third-order valence-electron chi connectivity index (χ3n) is 13.2. The summed E-state index contributed by atoms with van der Waals surface area (Å²) in [5, 5.41) is 46.0. The maximum atomic E-state index is 13.6. The molecule has 0 radical (unpaired) electrons. The zero-order valence-electron chi connectivity index (χ0n) is 34.2. The van der Waals surface area contributed by atoms with Gasteiger partial charge < -0.3 is 56.1 Å². The lowest BCUT2D eigenvalue weighted by atomic mass is 9.91. The number of halogens is 1. The van der Waals surface area contributed by atoms with Gasteiger partial charge >= 0.3 is 6.03 Å². The number of benzene rings is 4. The molecule has 61 heavy (non-hydrogen) atoms. The van der Waals surface area contributed by atoms with E-state index in [9.17, 15) is 24.9 Å². The molecule has 3 unspecified atom stereocenters. The van der Waals surface area contributed by atoms with Gasteiger partial charge in [0.1, 0.15) is 17.2 Å². The first-order valence-electron chi connectivity index (χ1n) is 20.7. The topological polar surface area (TPSA) is 197 Å². The summed E-state index contributed by atoms with van der Waals surface area (Å²) >= 11 is 6.39. The Balaban J connectivity index is 0.812. The van der Waals surface area contributed by atoms with E-state index in [1.165, 1.54) is 5.56 Å². The van der Waals surface area contributed by atoms with Gasteiger partial charge in [-0.25, -0.2) is 4.79 Å². The summed E-state index contributed by atoms with van der Waals surface area (Å²) in [5.74, 6) is 0.607. The molecule has 5 heterocycles. The van der Waals surface area contributed by atoms with Gasteiger partial charge in [0.25, 0.3) is 5.91 Å². The van der Waals surface area contributed by atoms with Gasteiger partial charge in [-0.3, -0.25) is 4.79 Å². The minimum absolute atomic E-state index is 0.0359. The Hall–Kier alpha value is -6.57. The van der Waals surface area contributed by atoms with Gasteiger partial charge in [-0.1, -0.05) is 19.9 Å². The number of H-pyrrole nitrogens is 4. The molecule has 312 valence electrons. The molecule has 1 aliphatic carbocycles. The molecule has 1 aliphatic heterocycles. The van der Waals surface area contributed by atoms with Crippen LogP contribution in [0.3, 0.4) is 0 Å². The van der Waals surface area contributed by atoms with Gasteiger partial charge in [-0.05, 0) is 109 Å². The van der Waals surface area contributed by atoms with Crippen molar-refractivity contribution in [3.63, 3.8) is 0 Å². The minimum atomic E-state index is -0.953. The van der Waals surface area contributed by atoms with Crippen LogP contribution >= 0.6 is 11.6 Å². The van der Waals surface area contributed by atoms with E-state index in [1.807, 2.05) is 55.4 Å². The van der Waals surface area contributed by atoms with Crippen LogP contribution in [0, 0.1) is 19.8 Å². The Morgan fingerprint density at radius 1 is 0.902 bits per heavy atom. The second-order valence-corrected chi connectivity index (χ2v) is 17.3. The lowest BCUT2D eigenvalue weighted by Crippen LogP contribution is -2.30. The number of aromatic nitrogens is 4. The number of carbonyl (C=O) groups excluding carboxylic acids is 2. The molecule has 1 saturated carbocycles. The molecular weight excluding hydrogens is 792 g/mol. The van der Waals surface area contributed by atoms with Gasteiger partial charge in [0, 0.05) is 98.6 Å². The third-order valence-corrected chi connectivity index (χ3v) is 13.6. The number of aliphatic hydroxyl groups is 1. The molecule has 14 heteroatoms. The fraction of sp³-hybridized carbons (Fsp3) is 0.277. The third kappa shape index (κ3) is 6.25. The van der Waals surface area contributed by atoms with Crippen molar-refractivity contribution in [1.29, 1.82) is 0 Å². The molecule has 0 bridgehead atoms. The largest absolute Gasteiger partial charge is 0.506 e. The lowest BCUT2D eigenvalue weighted by Gasteiger charge is -2.26. The van der Waals surface area contributed by atoms with Crippen LogP contribution in [0.25, 0.3) is 43.6 Å². The van der Waals surface area contributed by atoms with Crippen molar-refractivity contribution in [2.24, 2.45) is 5.92 Å². The number of aromatic amines is 4. The number of rotatable bonds is 10. The van der Waals surface area contributed by atoms with Gasteiger partial charge in [0.2, 0.25) is 0 Å². The van der Waals surface area contributed by atoms with Crippen molar-refractivity contribution in [1.82, 2.24) is 25.3 Å². The minimum Gasteiger partial charge on any atom is -0.506 e. The SMILES string of the molecule is CC[C@@H](CCl)c1c(NC(=O)c2cc3cc(NC(=O)NCc4ccc5[nH]c(C(O)N6CC7(CC7C)c7c6cc(O)c6[nH]cc(C)c76)cc5c4)ccc3[nH]2)cc(O)c2[nH]cc(C)c12. The highest BCUT2D eigenvalue weighted by atomic mass is 35.5. The van der Waals surface area contributed by atoms with Crippen LogP contribution in [0.15, 0.2) is 73.1 Å². The second kappa shape index (κ2) is 14.3. The molecule has 1 fully saturated rings. The van der Waals surface area contributed by atoms with Crippen molar-refractivity contribution in [2.45, 2.75) is 64.6 Å². The Morgan fingerprint density at radius 2 is 1.59 bits per heavy atom. The van der Waals surface area contributed by atoms with Gasteiger partial charge in [0.05, 0.1) is 16.7 Å². The van der Waals surface area contributed by atoms with E-state index in [0.29, 0.717) is 52.1 Å². The van der Waals surface area contributed by atoms with E-state index >= 15 is 0 Å². The summed E-state index contributed by atoms with van der Waals surface area (Å²) in [7, 11) is 0. The quantitative estimate of drug-likeness (QED) is 0.0609. The van der Waals surface area contributed by atoms with Crippen molar-refractivity contribution in [3.8, 4) is 11.5 Å². The predicted octanol–water partition coefficient (Wildman–Crippen LogP) is 9.73. The number of anilines is 3. The molecule has 10 N–H and O–H groups in total. The summed E-state index contributed by atoms with van der Waals surface area (Å²) < 4.78 is 0. The van der Waals surface area contributed by atoms with Crippen LogP contribution in [-0.2, 0) is 12.0 Å². The fourth-order valence-corrected chi connectivity index (χ4v) is 10.2. The number of alkyl halides is 1. The average molecular weight is 839 g/mol. The number of carbonyl (C=O) groups is 2. The number of nitrogens with one attached hydrogen (secondary N) is 7. The maximum Gasteiger partial charge on any atom is 0.319 e. The van der Waals surface area contributed by atoms with E-state index in [0.717, 1.165) is 73.4 Å². The van der Waals surface area contributed by atoms with Crippen LogP contribution in [0.5, 0.6) is 11.5 Å².